The SMILES string of the molecule is COC(=O)C1(C(N)C2CCN(C)C2)CC1. The molecule has 0 aromatic rings. The number of likely N-dealkylation sites (tertiary alicyclic amines) is 1. The van der Waals surface area contributed by atoms with Crippen molar-refractivity contribution in [1.29, 1.82) is 0 Å². The molecule has 2 rings (SSSR count). The van der Waals surface area contributed by atoms with Crippen LogP contribution in [0, 0.1) is 11.3 Å². The van der Waals surface area contributed by atoms with Crippen LogP contribution in [0.25, 0.3) is 0 Å². The molecule has 0 spiro atoms. The number of ether oxygens (including phenoxy) is 1. The molecule has 0 radical (unpaired) electrons. The van der Waals surface area contributed by atoms with E-state index in [1.165, 1.54) is 7.11 Å². The van der Waals surface area contributed by atoms with Gasteiger partial charge in [0.15, 0.2) is 0 Å². The number of rotatable bonds is 3. The van der Waals surface area contributed by atoms with E-state index in [4.69, 9.17) is 10.5 Å². The average molecular weight is 212 g/mol. The molecule has 1 heterocycles. The summed E-state index contributed by atoms with van der Waals surface area (Å²) in [5.41, 5.74) is 5.89. The lowest BCUT2D eigenvalue weighted by atomic mass is 9.85. The van der Waals surface area contributed by atoms with Crippen molar-refractivity contribution < 1.29 is 9.53 Å². The summed E-state index contributed by atoms with van der Waals surface area (Å²) in [6.07, 6.45) is 2.92. The summed E-state index contributed by atoms with van der Waals surface area (Å²) in [4.78, 5) is 13.9. The Kier molecular flexibility index (Phi) is 2.73. The zero-order valence-electron chi connectivity index (χ0n) is 9.53. The average Bonchev–Trinajstić information content (AvgIpc) is 2.94. The zero-order chi connectivity index (χ0) is 11.1. The Hall–Kier alpha value is -0.610. The minimum Gasteiger partial charge on any atom is -0.469 e. The van der Waals surface area contributed by atoms with Crippen LogP contribution in [0.1, 0.15) is 19.3 Å². The Bertz CT molecular complexity index is 263. The van der Waals surface area contributed by atoms with Gasteiger partial charge in [0, 0.05) is 12.6 Å². The highest BCUT2D eigenvalue weighted by Crippen LogP contribution is 2.51. The lowest BCUT2D eigenvalue weighted by molar-refractivity contribution is -0.148. The van der Waals surface area contributed by atoms with E-state index in [-0.39, 0.29) is 17.4 Å². The first-order valence-corrected chi connectivity index (χ1v) is 5.63. The fraction of sp³-hybridized carbons (Fsp3) is 0.909. The van der Waals surface area contributed by atoms with Gasteiger partial charge in [-0.1, -0.05) is 0 Å². The van der Waals surface area contributed by atoms with Crippen LogP contribution in [-0.2, 0) is 9.53 Å². The summed E-state index contributed by atoms with van der Waals surface area (Å²) in [5, 5.41) is 0. The standard InChI is InChI=1S/C11H20N2O2/c1-13-6-3-8(7-13)9(12)11(4-5-11)10(14)15-2/h8-9H,3-7,12H2,1-2H3. The van der Waals surface area contributed by atoms with Gasteiger partial charge in [0.2, 0.25) is 0 Å². The van der Waals surface area contributed by atoms with Crippen LogP contribution < -0.4 is 5.73 Å². The molecule has 15 heavy (non-hydrogen) atoms. The Morgan fingerprint density at radius 1 is 1.60 bits per heavy atom. The van der Waals surface area contributed by atoms with Gasteiger partial charge < -0.3 is 15.4 Å². The summed E-state index contributed by atoms with van der Waals surface area (Å²) in [7, 11) is 3.56. The third-order valence-corrected chi connectivity index (χ3v) is 3.95. The Morgan fingerprint density at radius 2 is 2.27 bits per heavy atom. The maximum absolute atomic E-state index is 11.7. The highest BCUT2D eigenvalue weighted by Gasteiger charge is 2.57. The van der Waals surface area contributed by atoms with Gasteiger partial charge in [0.1, 0.15) is 0 Å². The lowest BCUT2D eigenvalue weighted by Gasteiger charge is -2.26. The third-order valence-electron chi connectivity index (χ3n) is 3.95. The van der Waals surface area contributed by atoms with Gasteiger partial charge in [-0.2, -0.15) is 0 Å². The van der Waals surface area contributed by atoms with Crippen LogP contribution >= 0.6 is 0 Å². The molecule has 0 bridgehead atoms. The molecule has 4 nitrogen and oxygen atoms in total. The van der Waals surface area contributed by atoms with Crippen molar-refractivity contribution in [2.45, 2.75) is 25.3 Å². The minimum atomic E-state index is -0.343. The Morgan fingerprint density at radius 3 is 2.67 bits per heavy atom. The van der Waals surface area contributed by atoms with Crippen molar-refractivity contribution in [1.82, 2.24) is 4.90 Å². The van der Waals surface area contributed by atoms with Gasteiger partial charge in [-0.15, -0.1) is 0 Å². The predicted molar refractivity (Wildman–Crippen MR) is 57.3 cm³/mol. The quantitative estimate of drug-likeness (QED) is 0.680. The van der Waals surface area contributed by atoms with E-state index in [9.17, 15) is 4.79 Å². The molecule has 0 aromatic heterocycles. The van der Waals surface area contributed by atoms with Crippen molar-refractivity contribution in [2.75, 3.05) is 27.2 Å². The van der Waals surface area contributed by atoms with E-state index in [1.807, 2.05) is 0 Å². The summed E-state index contributed by atoms with van der Waals surface area (Å²) in [6.45, 7) is 2.11. The van der Waals surface area contributed by atoms with Crippen molar-refractivity contribution >= 4 is 5.97 Å². The topological polar surface area (TPSA) is 55.6 Å². The second-order valence-corrected chi connectivity index (χ2v) is 4.98. The summed E-state index contributed by atoms with van der Waals surface area (Å²) < 4.78 is 4.85. The molecule has 1 saturated carbocycles. The monoisotopic (exact) mass is 212 g/mol. The van der Waals surface area contributed by atoms with Crippen molar-refractivity contribution in [3.05, 3.63) is 0 Å². The number of hydrogen-bond donors (Lipinski definition) is 1. The van der Waals surface area contributed by atoms with Crippen LogP contribution in [0.3, 0.4) is 0 Å². The van der Waals surface area contributed by atoms with E-state index >= 15 is 0 Å². The van der Waals surface area contributed by atoms with E-state index < -0.39 is 0 Å². The summed E-state index contributed by atoms with van der Waals surface area (Å²) in [5.74, 6) is 0.348. The smallest absolute Gasteiger partial charge is 0.313 e. The van der Waals surface area contributed by atoms with Gasteiger partial charge in [0.25, 0.3) is 0 Å². The third kappa shape index (κ3) is 1.76. The molecule has 2 N–H and O–H groups in total. The van der Waals surface area contributed by atoms with E-state index in [0.29, 0.717) is 5.92 Å². The number of nitrogens with two attached hydrogens (primary N) is 1. The molecule has 0 amide bonds. The maximum Gasteiger partial charge on any atom is 0.313 e. The number of hydrogen-bond acceptors (Lipinski definition) is 4. The molecule has 86 valence electrons. The second-order valence-electron chi connectivity index (χ2n) is 4.98. The normalized spacial score (nSPS) is 31.3. The van der Waals surface area contributed by atoms with Crippen LogP contribution in [0.4, 0.5) is 0 Å². The van der Waals surface area contributed by atoms with Crippen molar-refractivity contribution in [3.63, 3.8) is 0 Å². The van der Waals surface area contributed by atoms with Crippen molar-refractivity contribution in [2.24, 2.45) is 17.1 Å². The molecule has 2 aliphatic rings. The zero-order valence-corrected chi connectivity index (χ0v) is 9.53. The van der Waals surface area contributed by atoms with Gasteiger partial charge >= 0.3 is 5.97 Å². The highest BCUT2D eigenvalue weighted by molar-refractivity contribution is 5.80. The van der Waals surface area contributed by atoms with Crippen LogP contribution in [0.15, 0.2) is 0 Å². The van der Waals surface area contributed by atoms with Crippen LogP contribution in [0.2, 0.25) is 0 Å². The Labute approximate surface area is 90.8 Å². The molecule has 1 saturated heterocycles. The largest absolute Gasteiger partial charge is 0.469 e. The lowest BCUT2D eigenvalue weighted by Crippen LogP contribution is -2.44. The van der Waals surface area contributed by atoms with Gasteiger partial charge in [-0.25, -0.2) is 0 Å². The molecule has 4 heteroatoms. The van der Waals surface area contributed by atoms with Crippen LogP contribution in [0.5, 0.6) is 0 Å². The molecular weight excluding hydrogens is 192 g/mol. The van der Waals surface area contributed by atoms with Crippen molar-refractivity contribution in [3.8, 4) is 0 Å². The Balaban J connectivity index is 2.01. The predicted octanol–water partition coefficient (Wildman–Crippen LogP) is 0.219. The van der Waals surface area contributed by atoms with Gasteiger partial charge in [-0.3, -0.25) is 4.79 Å². The van der Waals surface area contributed by atoms with Gasteiger partial charge in [-0.05, 0) is 38.8 Å². The number of nitrogens with zero attached hydrogens (tertiary/aromatic N) is 1. The van der Waals surface area contributed by atoms with Crippen LogP contribution in [-0.4, -0.2) is 44.2 Å². The first-order valence-electron chi connectivity index (χ1n) is 5.63. The number of carbonyl (C=O) groups excluding carboxylic acids is 1. The highest BCUT2D eigenvalue weighted by atomic mass is 16.5. The first-order chi connectivity index (χ1) is 7.10. The number of carbonyl (C=O) groups is 1. The second kappa shape index (κ2) is 3.76. The molecular formula is C11H20N2O2. The van der Waals surface area contributed by atoms with Gasteiger partial charge in [0.05, 0.1) is 12.5 Å². The maximum atomic E-state index is 11.7. The summed E-state index contributed by atoms with van der Waals surface area (Å²) in [6, 6.07) is -0.0186. The fourth-order valence-electron chi connectivity index (χ4n) is 2.72. The summed E-state index contributed by atoms with van der Waals surface area (Å²) >= 11 is 0. The molecule has 1 aliphatic heterocycles. The minimum absolute atomic E-state index is 0.0186. The molecule has 2 atom stereocenters. The van der Waals surface area contributed by atoms with E-state index in [2.05, 4.69) is 11.9 Å². The number of esters is 1. The molecule has 2 fully saturated rings. The molecule has 0 aromatic carbocycles. The fourth-order valence-corrected chi connectivity index (χ4v) is 2.72. The first kappa shape index (κ1) is 10.9. The molecule has 2 unspecified atom stereocenters. The van der Waals surface area contributed by atoms with E-state index in [0.717, 1.165) is 32.4 Å². The van der Waals surface area contributed by atoms with E-state index in [1.54, 1.807) is 0 Å². The molecule has 1 aliphatic carbocycles. The number of methoxy groups -OCH3 is 1.